The van der Waals surface area contributed by atoms with Gasteiger partial charge in [-0.2, -0.15) is 0 Å². The minimum atomic E-state index is -0.374. The molecule has 0 radical (unpaired) electrons. The number of methoxy groups -OCH3 is 2. The Hall–Kier alpha value is -4.10. The Bertz CT molecular complexity index is 1480. The number of anilines is 1. The summed E-state index contributed by atoms with van der Waals surface area (Å²) in [4.78, 5) is 33.2. The molecule has 224 valence electrons. The van der Waals surface area contributed by atoms with Gasteiger partial charge in [0, 0.05) is 48.8 Å². The molecule has 3 aromatic rings. The molecule has 0 aromatic heterocycles. The van der Waals surface area contributed by atoms with E-state index in [0.717, 1.165) is 50.1 Å². The number of benzene rings is 3. The smallest absolute Gasteiger partial charge is 0.232 e. The highest BCUT2D eigenvalue weighted by atomic mass is 16.5. The van der Waals surface area contributed by atoms with Gasteiger partial charge in [0.1, 0.15) is 11.5 Å². The molecule has 0 saturated carbocycles. The fourth-order valence-corrected chi connectivity index (χ4v) is 6.97. The number of likely N-dealkylation sites (tertiary alicyclic amines) is 2. The lowest BCUT2D eigenvalue weighted by Gasteiger charge is -2.39. The van der Waals surface area contributed by atoms with Crippen molar-refractivity contribution in [1.82, 2.24) is 9.80 Å². The molecule has 2 aliphatic heterocycles. The SMILES string of the molecule is COc1ccc(CN2CC(C(=O)N(CCCN3CCC4(C=Cc5ccccc54)CC3)c3ccccc3)CC2=O)c(OC)c1. The van der Waals surface area contributed by atoms with Crippen molar-refractivity contribution in [2.75, 3.05) is 51.8 Å². The number of carbonyl (C=O) groups is 2. The first-order valence-corrected chi connectivity index (χ1v) is 15.4. The van der Waals surface area contributed by atoms with Crippen molar-refractivity contribution in [2.24, 2.45) is 5.92 Å². The van der Waals surface area contributed by atoms with Gasteiger partial charge in [0.05, 0.1) is 20.1 Å². The van der Waals surface area contributed by atoms with Crippen LogP contribution in [0.2, 0.25) is 0 Å². The summed E-state index contributed by atoms with van der Waals surface area (Å²) in [6.07, 6.45) is 8.07. The lowest BCUT2D eigenvalue weighted by molar-refractivity contribution is -0.128. The van der Waals surface area contributed by atoms with E-state index in [4.69, 9.17) is 9.47 Å². The average Bonchev–Trinajstić information content (AvgIpc) is 3.60. The van der Waals surface area contributed by atoms with Crippen LogP contribution in [0.25, 0.3) is 6.08 Å². The highest BCUT2D eigenvalue weighted by Crippen LogP contribution is 2.43. The van der Waals surface area contributed by atoms with Crippen LogP contribution in [0.1, 0.15) is 42.4 Å². The largest absolute Gasteiger partial charge is 0.497 e. The maximum absolute atomic E-state index is 13.9. The third-order valence-corrected chi connectivity index (χ3v) is 9.44. The van der Waals surface area contributed by atoms with Crippen molar-refractivity contribution >= 4 is 23.6 Å². The number of fused-ring (bicyclic) bond motifs is 2. The Balaban J connectivity index is 1.07. The number of rotatable bonds is 10. The van der Waals surface area contributed by atoms with E-state index in [1.165, 1.54) is 11.1 Å². The van der Waals surface area contributed by atoms with Gasteiger partial charge in [-0.15, -0.1) is 0 Å². The summed E-state index contributed by atoms with van der Waals surface area (Å²) in [6.45, 7) is 4.49. The van der Waals surface area contributed by atoms with E-state index in [2.05, 4.69) is 41.3 Å². The number of hydrogen-bond acceptors (Lipinski definition) is 5. The predicted octanol–water partition coefficient (Wildman–Crippen LogP) is 5.54. The first-order valence-electron chi connectivity index (χ1n) is 15.4. The van der Waals surface area contributed by atoms with Crippen LogP contribution in [-0.4, -0.2) is 68.6 Å². The van der Waals surface area contributed by atoms with Gasteiger partial charge in [-0.3, -0.25) is 9.59 Å². The van der Waals surface area contributed by atoms with Crippen LogP contribution in [-0.2, 0) is 21.5 Å². The highest BCUT2D eigenvalue weighted by molar-refractivity contribution is 5.99. The summed E-state index contributed by atoms with van der Waals surface area (Å²) in [6, 6.07) is 24.3. The average molecular weight is 580 g/mol. The molecule has 1 atom stereocenters. The zero-order valence-corrected chi connectivity index (χ0v) is 25.2. The normalized spacial score (nSPS) is 19.1. The summed E-state index contributed by atoms with van der Waals surface area (Å²) in [5, 5.41) is 0. The monoisotopic (exact) mass is 579 g/mol. The molecule has 3 aromatic carbocycles. The molecule has 2 fully saturated rings. The Morgan fingerprint density at radius 3 is 2.51 bits per heavy atom. The number of hydrogen-bond donors (Lipinski definition) is 0. The fraction of sp³-hybridized carbons (Fsp3) is 0.389. The minimum Gasteiger partial charge on any atom is -0.497 e. The molecular weight excluding hydrogens is 538 g/mol. The van der Waals surface area contributed by atoms with E-state index in [9.17, 15) is 9.59 Å². The Kier molecular flexibility index (Phi) is 8.52. The van der Waals surface area contributed by atoms with E-state index in [0.29, 0.717) is 31.1 Å². The number of allylic oxidation sites excluding steroid dienone is 1. The Morgan fingerprint density at radius 2 is 1.74 bits per heavy atom. The lowest BCUT2D eigenvalue weighted by Crippen LogP contribution is -2.43. The quantitative estimate of drug-likeness (QED) is 0.316. The summed E-state index contributed by atoms with van der Waals surface area (Å²) in [5.41, 5.74) is 4.79. The molecule has 2 heterocycles. The number of piperidine rings is 1. The van der Waals surface area contributed by atoms with Crippen LogP contribution in [0.5, 0.6) is 11.5 Å². The molecular formula is C36H41N3O4. The van der Waals surface area contributed by atoms with Crippen LogP contribution < -0.4 is 14.4 Å². The number of nitrogens with zero attached hydrogens (tertiary/aromatic N) is 3. The zero-order valence-electron chi connectivity index (χ0n) is 25.2. The standard InChI is InChI=1S/C36H41N3O4/c1-42-31-14-13-28(33(24-31)43-2)25-38-26-29(23-34(38)40)35(41)39(30-10-4-3-5-11-30)20-8-19-37-21-17-36(18-22-37)16-15-27-9-6-7-12-32(27)36/h3-7,9-16,24,29H,8,17-23,25-26H2,1-2H3. The van der Waals surface area contributed by atoms with Crippen LogP contribution in [0.3, 0.4) is 0 Å². The fourth-order valence-electron chi connectivity index (χ4n) is 6.97. The van der Waals surface area contributed by atoms with Crippen molar-refractivity contribution in [3.8, 4) is 11.5 Å². The molecule has 7 nitrogen and oxygen atoms in total. The highest BCUT2D eigenvalue weighted by Gasteiger charge is 2.39. The first-order chi connectivity index (χ1) is 21.0. The van der Waals surface area contributed by atoms with E-state index < -0.39 is 0 Å². The Labute approximate surface area is 254 Å². The van der Waals surface area contributed by atoms with E-state index in [1.54, 1.807) is 19.1 Å². The van der Waals surface area contributed by atoms with Gasteiger partial charge < -0.3 is 24.2 Å². The number of para-hydroxylation sites is 1. The van der Waals surface area contributed by atoms with Gasteiger partial charge >= 0.3 is 0 Å². The molecule has 2 amide bonds. The van der Waals surface area contributed by atoms with Crippen molar-refractivity contribution in [3.05, 3.63) is 95.6 Å². The summed E-state index contributed by atoms with van der Waals surface area (Å²) in [7, 11) is 3.23. The van der Waals surface area contributed by atoms with Gasteiger partial charge in [-0.25, -0.2) is 0 Å². The van der Waals surface area contributed by atoms with Gasteiger partial charge in [0.2, 0.25) is 11.8 Å². The zero-order chi connectivity index (χ0) is 29.8. The van der Waals surface area contributed by atoms with Gasteiger partial charge in [-0.05, 0) is 74.3 Å². The van der Waals surface area contributed by atoms with Crippen molar-refractivity contribution in [1.29, 1.82) is 0 Å². The third-order valence-electron chi connectivity index (χ3n) is 9.44. The maximum atomic E-state index is 13.9. The second-order valence-corrected chi connectivity index (χ2v) is 12.0. The Morgan fingerprint density at radius 1 is 0.977 bits per heavy atom. The second kappa shape index (κ2) is 12.6. The molecule has 0 N–H and O–H groups in total. The van der Waals surface area contributed by atoms with E-state index >= 15 is 0 Å². The first kappa shape index (κ1) is 29.0. The number of amides is 2. The molecule has 1 aliphatic carbocycles. The molecule has 3 aliphatic rings. The summed E-state index contributed by atoms with van der Waals surface area (Å²) in [5.74, 6) is 1.01. The molecule has 1 unspecified atom stereocenters. The molecule has 43 heavy (non-hydrogen) atoms. The van der Waals surface area contributed by atoms with Crippen molar-refractivity contribution in [3.63, 3.8) is 0 Å². The topological polar surface area (TPSA) is 62.3 Å². The van der Waals surface area contributed by atoms with E-state index in [1.807, 2.05) is 53.4 Å². The molecule has 6 rings (SSSR count). The van der Waals surface area contributed by atoms with Crippen molar-refractivity contribution < 1.29 is 19.1 Å². The molecule has 7 heteroatoms. The summed E-state index contributed by atoms with van der Waals surface area (Å²) >= 11 is 0. The second-order valence-electron chi connectivity index (χ2n) is 12.0. The van der Waals surface area contributed by atoms with Gasteiger partial charge in [0.25, 0.3) is 0 Å². The van der Waals surface area contributed by atoms with Crippen LogP contribution >= 0.6 is 0 Å². The molecule has 1 spiro atoms. The number of ether oxygens (including phenoxy) is 2. The van der Waals surface area contributed by atoms with Gasteiger partial charge in [-0.1, -0.05) is 54.6 Å². The van der Waals surface area contributed by atoms with Crippen LogP contribution in [0, 0.1) is 5.92 Å². The van der Waals surface area contributed by atoms with E-state index in [-0.39, 0.29) is 29.6 Å². The molecule has 0 bridgehead atoms. The predicted molar refractivity (Wildman–Crippen MR) is 169 cm³/mol. The lowest BCUT2D eigenvalue weighted by atomic mass is 9.74. The minimum absolute atomic E-state index is 0.00554. The summed E-state index contributed by atoms with van der Waals surface area (Å²) < 4.78 is 10.8. The van der Waals surface area contributed by atoms with Crippen LogP contribution in [0.15, 0.2) is 78.9 Å². The van der Waals surface area contributed by atoms with Crippen LogP contribution in [0.4, 0.5) is 5.69 Å². The van der Waals surface area contributed by atoms with Crippen molar-refractivity contribution in [2.45, 2.75) is 37.6 Å². The third kappa shape index (κ3) is 6.04. The number of carbonyl (C=O) groups excluding carboxylic acids is 2. The molecule has 2 saturated heterocycles. The van der Waals surface area contributed by atoms with Gasteiger partial charge in [0.15, 0.2) is 0 Å². The maximum Gasteiger partial charge on any atom is 0.232 e.